The highest BCUT2D eigenvalue weighted by atomic mass is 16.2. The Hall–Kier alpha value is -2.17. The Kier molecular flexibility index (Phi) is 4.67. The van der Waals surface area contributed by atoms with Crippen LogP contribution in [0, 0.1) is 19.8 Å². The standard InChI is InChI=1S/C20H26N2O3/c1-4-15-7-9-20(10-8-15)18(24)22(19(25)21-20)12-17(23)16-6-5-13(2)11-14(16)3/h5-6,11,15H,4,7-10,12H2,1-3H3,(H,21,25). The van der Waals surface area contributed by atoms with Crippen molar-refractivity contribution in [2.75, 3.05) is 6.54 Å². The maximum absolute atomic E-state index is 12.9. The molecular weight excluding hydrogens is 316 g/mol. The summed E-state index contributed by atoms with van der Waals surface area (Å²) in [5.74, 6) is 0.201. The molecule has 0 bridgehead atoms. The molecule has 1 aliphatic heterocycles. The second-order valence-corrected chi connectivity index (χ2v) is 7.50. The molecule has 1 heterocycles. The Balaban J connectivity index is 1.74. The quantitative estimate of drug-likeness (QED) is 0.674. The number of nitrogens with one attached hydrogen (secondary N) is 1. The third kappa shape index (κ3) is 3.20. The van der Waals surface area contributed by atoms with E-state index in [-0.39, 0.29) is 18.2 Å². The van der Waals surface area contributed by atoms with Crippen LogP contribution in [0.3, 0.4) is 0 Å². The van der Waals surface area contributed by atoms with E-state index in [4.69, 9.17) is 0 Å². The summed E-state index contributed by atoms with van der Waals surface area (Å²) in [6.07, 6.45) is 4.34. The van der Waals surface area contributed by atoms with Crippen molar-refractivity contribution in [3.05, 3.63) is 34.9 Å². The summed E-state index contributed by atoms with van der Waals surface area (Å²) >= 11 is 0. The number of hydrogen-bond donors (Lipinski definition) is 1. The summed E-state index contributed by atoms with van der Waals surface area (Å²) in [6, 6.07) is 5.15. The van der Waals surface area contributed by atoms with Gasteiger partial charge in [0, 0.05) is 5.56 Å². The molecule has 5 heteroatoms. The first kappa shape index (κ1) is 17.6. The third-order valence-corrected chi connectivity index (χ3v) is 5.77. The van der Waals surface area contributed by atoms with Crippen LogP contribution in [0.15, 0.2) is 18.2 Å². The summed E-state index contributed by atoms with van der Waals surface area (Å²) in [5.41, 5.74) is 1.73. The van der Waals surface area contributed by atoms with Crippen LogP contribution in [0.4, 0.5) is 4.79 Å². The van der Waals surface area contributed by atoms with Crippen LogP contribution in [0.1, 0.15) is 60.5 Å². The highest BCUT2D eigenvalue weighted by molar-refractivity contribution is 6.11. The van der Waals surface area contributed by atoms with Crippen molar-refractivity contribution in [2.24, 2.45) is 5.92 Å². The SMILES string of the molecule is CCC1CCC2(CC1)NC(=O)N(CC(=O)c1ccc(C)cc1C)C2=O. The van der Waals surface area contributed by atoms with Gasteiger partial charge in [0.2, 0.25) is 0 Å². The molecule has 134 valence electrons. The molecule has 0 unspecified atom stereocenters. The van der Waals surface area contributed by atoms with Gasteiger partial charge in [0.1, 0.15) is 5.54 Å². The van der Waals surface area contributed by atoms with Crippen molar-refractivity contribution in [3.63, 3.8) is 0 Å². The van der Waals surface area contributed by atoms with Gasteiger partial charge in [-0.05, 0) is 51.0 Å². The molecule has 1 N–H and O–H groups in total. The number of nitrogens with zero attached hydrogens (tertiary/aromatic N) is 1. The molecule has 1 saturated carbocycles. The molecular formula is C20H26N2O3. The molecule has 2 aliphatic rings. The van der Waals surface area contributed by atoms with Crippen LogP contribution in [-0.2, 0) is 4.79 Å². The first-order valence-electron chi connectivity index (χ1n) is 9.11. The third-order valence-electron chi connectivity index (χ3n) is 5.77. The normalized spacial score (nSPS) is 26.2. The summed E-state index contributed by atoms with van der Waals surface area (Å²) in [5, 5.41) is 2.88. The fraction of sp³-hybridized carbons (Fsp3) is 0.550. The molecule has 3 rings (SSSR count). The van der Waals surface area contributed by atoms with Gasteiger partial charge >= 0.3 is 6.03 Å². The van der Waals surface area contributed by atoms with E-state index in [1.54, 1.807) is 6.07 Å². The lowest BCUT2D eigenvalue weighted by Crippen LogP contribution is -2.49. The number of ketones is 1. The minimum Gasteiger partial charge on any atom is -0.323 e. The van der Waals surface area contributed by atoms with Crippen molar-refractivity contribution in [1.29, 1.82) is 0 Å². The van der Waals surface area contributed by atoms with Gasteiger partial charge in [-0.1, -0.05) is 37.1 Å². The fourth-order valence-corrected chi connectivity index (χ4v) is 4.09. The van der Waals surface area contributed by atoms with Crippen molar-refractivity contribution >= 4 is 17.7 Å². The predicted molar refractivity (Wildman–Crippen MR) is 95.5 cm³/mol. The van der Waals surface area contributed by atoms with Gasteiger partial charge in [-0.15, -0.1) is 0 Å². The van der Waals surface area contributed by atoms with Crippen molar-refractivity contribution in [2.45, 2.75) is 58.4 Å². The fourth-order valence-electron chi connectivity index (χ4n) is 4.09. The van der Waals surface area contributed by atoms with E-state index < -0.39 is 11.6 Å². The lowest BCUT2D eigenvalue weighted by Gasteiger charge is -2.34. The number of hydrogen-bond acceptors (Lipinski definition) is 3. The average Bonchev–Trinajstić information content (AvgIpc) is 2.80. The highest BCUT2D eigenvalue weighted by Crippen LogP contribution is 2.37. The number of carbonyl (C=O) groups is 3. The topological polar surface area (TPSA) is 66.5 Å². The lowest BCUT2D eigenvalue weighted by molar-refractivity contribution is -0.132. The van der Waals surface area contributed by atoms with Crippen molar-refractivity contribution < 1.29 is 14.4 Å². The number of imide groups is 1. The number of urea groups is 1. The van der Waals surface area contributed by atoms with E-state index in [9.17, 15) is 14.4 Å². The van der Waals surface area contributed by atoms with Crippen LogP contribution in [0.25, 0.3) is 0 Å². The summed E-state index contributed by atoms with van der Waals surface area (Å²) in [4.78, 5) is 39.0. The van der Waals surface area contributed by atoms with Crippen molar-refractivity contribution in [1.82, 2.24) is 10.2 Å². The van der Waals surface area contributed by atoms with E-state index in [0.29, 0.717) is 24.3 Å². The van der Waals surface area contributed by atoms with Gasteiger partial charge in [0.25, 0.3) is 5.91 Å². The second kappa shape index (κ2) is 6.62. The molecule has 5 nitrogen and oxygen atoms in total. The Morgan fingerprint density at radius 3 is 2.52 bits per heavy atom. The zero-order valence-corrected chi connectivity index (χ0v) is 15.2. The Labute approximate surface area is 148 Å². The van der Waals surface area contributed by atoms with Crippen LogP contribution < -0.4 is 5.32 Å². The molecule has 1 spiro atoms. The van der Waals surface area contributed by atoms with E-state index in [1.807, 2.05) is 26.0 Å². The van der Waals surface area contributed by atoms with Gasteiger partial charge in [-0.3, -0.25) is 14.5 Å². The zero-order valence-electron chi connectivity index (χ0n) is 15.2. The molecule has 1 aromatic carbocycles. The second-order valence-electron chi connectivity index (χ2n) is 7.50. The number of carbonyl (C=O) groups excluding carboxylic acids is 3. The van der Waals surface area contributed by atoms with Crippen LogP contribution in [-0.4, -0.2) is 34.7 Å². The number of benzene rings is 1. The monoisotopic (exact) mass is 342 g/mol. The Morgan fingerprint density at radius 2 is 1.92 bits per heavy atom. The van der Waals surface area contributed by atoms with Gasteiger partial charge < -0.3 is 5.32 Å². The molecule has 3 amide bonds. The van der Waals surface area contributed by atoms with E-state index >= 15 is 0 Å². The maximum atomic E-state index is 12.9. The smallest absolute Gasteiger partial charge is 0.323 e. The van der Waals surface area contributed by atoms with Gasteiger partial charge in [-0.25, -0.2) is 4.79 Å². The Bertz CT molecular complexity index is 718. The van der Waals surface area contributed by atoms with Crippen LogP contribution in [0.5, 0.6) is 0 Å². The van der Waals surface area contributed by atoms with Crippen LogP contribution >= 0.6 is 0 Å². The molecule has 25 heavy (non-hydrogen) atoms. The molecule has 1 aromatic rings. The number of rotatable bonds is 4. The zero-order chi connectivity index (χ0) is 18.2. The first-order chi connectivity index (χ1) is 11.9. The van der Waals surface area contributed by atoms with E-state index in [2.05, 4.69) is 12.2 Å². The number of amides is 3. The van der Waals surface area contributed by atoms with Crippen molar-refractivity contribution in [3.8, 4) is 0 Å². The summed E-state index contributed by atoms with van der Waals surface area (Å²) < 4.78 is 0. The van der Waals surface area contributed by atoms with Gasteiger partial charge in [0.15, 0.2) is 5.78 Å². The molecule has 0 aromatic heterocycles. The van der Waals surface area contributed by atoms with Gasteiger partial charge in [0.05, 0.1) is 6.54 Å². The maximum Gasteiger partial charge on any atom is 0.325 e. The van der Waals surface area contributed by atoms with Crippen LogP contribution in [0.2, 0.25) is 0 Å². The average molecular weight is 342 g/mol. The largest absolute Gasteiger partial charge is 0.325 e. The predicted octanol–water partition coefficient (Wildman–Crippen LogP) is 3.38. The minimum atomic E-state index is -0.786. The molecule has 2 fully saturated rings. The number of Topliss-reactive ketones (excluding diaryl/α,β-unsaturated/α-hetero) is 1. The summed E-state index contributed by atoms with van der Waals surface area (Å²) in [7, 11) is 0. The van der Waals surface area contributed by atoms with E-state index in [0.717, 1.165) is 35.3 Å². The lowest BCUT2D eigenvalue weighted by atomic mass is 9.75. The van der Waals surface area contributed by atoms with E-state index in [1.165, 1.54) is 0 Å². The Morgan fingerprint density at radius 1 is 1.24 bits per heavy atom. The first-order valence-corrected chi connectivity index (χ1v) is 9.11. The molecule has 1 aliphatic carbocycles. The summed E-state index contributed by atoms with van der Waals surface area (Å²) in [6.45, 7) is 5.81. The highest BCUT2D eigenvalue weighted by Gasteiger charge is 2.52. The molecule has 1 saturated heterocycles. The molecule has 0 radical (unpaired) electrons. The minimum absolute atomic E-state index is 0.187. The van der Waals surface area contributed by atoms with Gasteiger partial charge in [-0.2, -0.15) is 0 Å². The number of aryl methyl sites for hydroxylation is 2. The molecule has 0 atom stereocenters.